The van der Waals surface area contributed by atoms with Crippen LogP contribution >= 0.6 is 0 Å². The fourth-order valence-electron chi connectivity index (χ4n) is 1.84. The van der Waals surface area contributed by atoms with E-state index >= 15 is 0 Å². The Hall–Kier alpha value is -0.610. The monoisotopic (exact) mass is 243 g/mol. The quantitative estimate of drug-likeness (QED) is 0.660. The van der Waals surface area contributed by atoms with Crippen LogP contribution < -0.4 is 5.32 Å². The molecule has 1 saturated heterocycles. The van der Waals surface area contributed by atoms with Gasteiger partial charge in [0.2, 0.25) is 5.91 Å². The third-order valence-electron chi connectivity index (χ3n) is 2.71. The first-order chi connectivity index (χ1) is 8.18. The van der Waals surface area contributed by atoms with Crippen molar-refractivity contribution < 1.29 is 14.3 Å². The molecule has 1 amide bonds. The summed E-state index contributed by atoms with van der Waals surface area (Å²) in [4.78, 5) is 11.3. The van der Waals surface area contributed by atoms with Gasteiger partial charge < -0.3 is 14.8 Å². The maximum absolute atomic E-state index is 11.3. The van der Waals surface area contributed by atoms with Gasteiger partial charge in [-0.05, 0) is 25.2 Å². The van der Waals surface area contributed by atoms with E-state index in [2.05, 4.69) is 5.32 Å². The van der Waals surface area contributed by atoms with E-state index in [9.17, 15) is 4.79 Å². The summed E-state index contributed by atoms with van der Waals surface area (Å²) in [5, 5.41) is 2.89. The lowest BCUT2D eigenvalue weighted by atomic mass is 10.1. The molecule has 4 nitrogen and oxygen atoms in total. The topological polar surface area (TPSA) is 47.6 Å². The molecule has 1 unspecified atom stereocenters. The first-order valence-corrected chi connectivity index (χ1v) is 6.64. The number of amides is 1. The molecule has 0 radical (unpaired) electrons. The standard InChI is InChI=1S/C13H25NO3/c1-11(2)9-13(15)14-6-4-7-16-10-12-5-3-8-17-12/h11-12H,3-10H2,1-2H3,(H,14,15). The van der Waals surface area contributed by atoms with Gasteiger partial charge in [0.05, 0.1) is 12.7 Å². The van der Waals surface area contributed by atoms with Gasteiger partial charge in [-0.2, -0.15) is 0 Å². The molecular formula is C13H25NO3. The lowest BCUT2D eigenvalue weighted by Crippen LogP contribution is -2.26. The third kappa shape index (κ3) is 7.34. The van der Waals surface area contributed by atoms with Crippen LogP contribution in [0.25, 0.3) is 0 Å². The number of hydrogen-bond acceptors (Lipinski definition) is 3. The summed E-state index contributed by atoms with van der Waals surface area (Å²) >= 11 is 0. The largest absolute Gasteiger partial charge is 0.379 e. The minimum Gasteiger partial charge on any atom is -0.379 e. The van der Waals surface area contributed by atoms with Crippen LogP contribution in [-0.4, -0.2) is 38.4 Å². The van der Waals surface area contributed by atoms with Gasteiger partial charge in [0.15, 0.2) is 0 Å². The lowest BCUT2D eigenvalue weighted by molar-refractivity contribution is -0.121. The van der Waals surface area contributed by atoms with E-state index in [-0.39, 0.29) is 5.91 Å². The van der Waals surface area contributed by atoms with Gasteiger partial charge in [0.25, 0.3) is 0 Å². The van der Waals surface area contributed by atoms with E-state index in [1.807, 2.05) is 13.8 Å². The highest BCUT2D eigenvalue weighted by atomic mass is 16.5. The predicted octanol–water partition coefficient (Wildman–Crippen LogP) is 1.73. The average Bonchev–Trinajstić information content (AvgIpc) is 2.75. The summed E-state index contributed by atoms with van der Waals surface area (Å²) in [7, 11) is 0. The molecule has 1 rings (SSSR count). The Morgan fingerprint density at radius 3 is 3.00 bits per heavy atom. The van der Waals surface area contributed by atoms with Crippen molar-refractivity contribution in [2.24, 2.45) is 5.92 Å². The first kappa shape index (κ1) is 14.5. The third-order valence-corrected chi connectivity index (χ3v) is 2.71. The molecule has 0 aromatic heterocycles. The second kappa shape index (κ2) is 8.48. The summed E-state index contributed by atoms with van der Waals surface area (Å²) in [5.41, 5.74) is 0. The van der Waals surface area contributed by atoms with Crippen LogP contribution in [0.3, 0.4) is 0 Å². The van der Waals surface area contributed by atoms with Crippen LogP contribution in [0.4, 0.5) is 0 Å². The molecule has 4 heteroatoms. The van der Waals surface area contributed by atoms with E-state index in [0.29, 0.717) is 38.2 Å². The molecule has 1 atom stereocenters. The summed E-state index contributed by atoms with van der Waals surface area (Å²) < 4.78 is 11.0. The number of nitrogens with one attached hydrogen (secondary N) is 1. The van der Waals surface area contributed by atoms with Gasteiger partial charge in [-0.25, -0.2) is 0 Å². The number of carbonyl (C=O) groups is 1. The fourth-order valence-corrected chi connectivity index (χ4v) is 1.84. The molecule has 1 aliphatic heterocycles. The van der Waals surface area contributed by atoms with Gasteiger partial charge >= 0.3 is 0 Å². The van der Waals surface area contributed by atoms with Crippen LogP contribution in [0, 0.1) is 5.92 Å². The zero-order valence-corrected chi connectivity index (χ0v) is 11.0. The van der Waals surface area contributed by atoms with Crippen molar-refractivity contribution in [1.29, 1.82) is 0 Å². The van der Waals surface area contributed by atoms with Crippen molar-refractivity contribution in [2.75, 3.05) is 26.4 Å². The maximum atomic E-state index is 11.3. The van der Waals surface area contributed by atoms with Crippen LogP contribution in [-0.2, 0) is 14.3 Å². The molecule has 0 bridgehead atoms. The molecule has 1 fully saturated rings. The second-order valence-electron chi connectivity index (χ2n) is 5.01. The molecule has 0 aromatic rings. The molecule has 1 N–H and O–H groups in total. The van der Waals surface area contributed by atoms with Crippen LogP contribution in [0.15, 0.2) is 0 Å². The first-order valence-electron chi connectivity index (χ1n) is 6.64. The number of carbonyl (C=O) groups excluding carboxylic acids is 1. The van der Waals surface area contributed by atoms with E-state index in [4.69, 9.17) is 9.47 Å². The van der Waals surface area contributed by atoms with Gasteiger partial charge in [0.1, 0.15) is 0 Å². The minimum absolute atomic E-state index is 0.138. The molecule has 1 heterocycles. The molecule has 0 saturated carbocycles. The smallest absolute Gasteiger partial charge is 0.220 e. The van der Waals surface area contributed by atoms with Gasteiger partial charge in [-0.15, -0.1) is 0 Å². The van der Waals surface area contributed by atoms with E-state index < -0.39 is 0 Å². The number of ether oxygens (including phenoxy) is 2. The van der Waals surface area contributed by atoms with Crippen LogP contribution in [0.2, 0.25) is 0 Å². The molecule has 1 aliphatic rings. The summed E-state index contributed by atoms with van der Waals surface area (Å²) in [6.07, 6.45) is 4.04. The predicted molar refractivity (Wildman–Crippen MR) is 66.9 cm³/mol. The Balaban J connectivity index is 1.85. The van der Waals surface area contributed by atoms with Crippen LogP contribution in [0.1, 0.15) is 39.5 Å². The SMILES string of the molecule is CC(C)CC(=O)NCCCOCC1CCCO1. The second-order valence-corrected chi connectivity index (χ2v) is 5.01. The molecule has 0 aliphatic carbocycles. The van der Waals surface area contributed by atoms with Crippen molar-refractivity contribution in [2.45, 2.75) is 45.6 Å². The van der Waals surface area contributed by atoms with Crippen molar-refractivity contribution in [3.8, 4) is 0 Å². The Bertz CT molecular complexity index is 213. The van der Waals surface area contributed by atoms with E-state index in [1.54, 1.807) is 0 Å². The normalized spacial score (nSPS) is 19.8. The summed E-state index contributed by atoms with van der Waals surface area (Å²) in [6, 6.07) is 0. The summed E-state index contributed by atoms with van der Waals surface area (Å²) in [5.74, 6) is 0.560. The van der Waals surface area contributed by atoms with E-state index in [0.717, 1.165) is 25.9 Å². The highest BCUT2D eigenvalue weighted by Crippen LogP contribution is 2.11. The number of hydrogen-bond donors (Lipinski definition) is 1. The van der Waals surface area contributed by atoms with Crippen molar-refractivity contribution in [1.82, 2.24) is 5.32 Å². The van der Waals surface area contributed by atoms with Gasteiger partial charge in [-0.3, -0.25) is 4.79 Å². The Kier molecular flexibility index (Phi) is 7.21. The Morgan fingerprint density at radius 1 is 1.53 bits per heavy atom. The van der Waals surface area contributed by atoms with Crippen molar-refractivity contribution >= 4 is 5.91 Å². The highest BCUT2D eigenvalue weighted by molar-refractivity contribution is 5.75. The lowest BCUT2D eigenvalue weighted by Gasteiger charge is -2.10. The highest BCUT2D eigenvalue weighted by Gasteiger charge is 2.14. The average molecular weight is 243 g/mol. The zero-order chi connectivity index (χ0) is 12.5. The Morgan fingerprint density at radius 2 is 2.35 bits per heavy atom. The fraction of sp³-hybridized carbons (Fsp3) is 0.923. The van der Waals surface area contributed by atoms with Gasteiger partial charge in [0, 0.05) is 26.2 Å². The number of rotatable bonds is 8. The molecule has 17 heavy (non-hydrogen) atoms. The van der Waals surface area contributed by atoms with Crippen molar-refractivity contribution in [3.63, 3.8) is 0 Å². The van der Waals surface area contributed by atoms with E-state index in [1.165, 1.54) is 0 Å². The minimum atomic E-state index is 0.138. The maximum Gasteiger partial charge on any atom is 0.220 e. The van der Waals surface area contributed by atoms with Crippen LogP contribution in [0.5, 0.6) is 0 Å². The van der Waals surface area contributed by atoms with Gasteiger partial charge in [-0.1, -0.05) is 13.8 Å². The molecule has 0 aromatic carbocycles. The summed E-state index contributed by atoms with van der Waals surface area (Å²) in [6.45, 7) is 7.06. The zero-order valence-electron chi connectivity index (χ0n) is 11.0. The Labute approximate surface area is 104 Å². The molecular weight excluding hydrogens is 218 g/mol. The van der Waals surface area contributed by atoms with Crippen molar-refractivity contribution in [3.05, 3.63) is 0 Å². The molecule has 100 valence electrons. The molecule has 0 spiro atoms.